The van der Waals surface area contributed by atoms with E-state index in [9.17, 15) is 19.8 Å². The van der Waals surface area contributed by atoms with Crippen molar-refractivity contribution in [1.29, 1.82) is 0 Å². The van der Waals surface area contributed by atoms with Gasteiger partial charge in [-0.1, -0.05) is 179 Å². The molecule has 2 atom stereocenters. The van der Waals surface area contributed by atoms with Crippen LogP contribution < -0.4 is 0 Å². The van der Waals surface area contributed by atoms with E-state index in [0.717, 1.165) is 63.7 Å². The number of hydrogen-bond donors (Lipinski definition) is 2. The van der Waals surface area contributed by atoms with E-state index < -0.39 is 6.10 Å². The molecule has 0 fully saturated rings. The SMILES string of the molecule is CCCCC[C@@H](O)/C=C/C=C\C/C=C\C/C=C\CCCC(=O)OC[C@H](O)COC(=O)CCCCCCCCCCCCCCCCC(C)C. The van der Waals surface area contributed by atoms with Crippen LogP contribution in [0.2, 0.25) is 0 Å². The highest BCUT2D eigenvalue weighted by molar-refractivity contribution is 5.69. The standard InChI is InChI=1S/C43H76O6/c1-4-5-27-33-40(44)34-29-24-20-16-12-10-14-18-22-26-31-36-43(47)49-38-41(45)37-48-42(46)35-30-25-21-17-13-9-7-6-8-11-15-19-23-28-32-39(2)3/h10,12,18,20,22,24,29,34,39-41,44-45H,4-9,11,13-17,19,21,23,25-28,30-33,35-38H2,1-3H3/b12-10-,22-18-,24-20-,34-29+/t40-,41-/m1/s1. The van der Waals surface area contributed by atoms with Crippen molar-refractivity contribution in [3.8, 4) is 0 Å². The Morgan fingerprint density at radius 2 is 1.02 bits per heavy atom. The van der Waals surface area contributed by atoms with Crippen molar-refractivity contribution in [2.24, 2.45) is 5.92 Å². The number of allylic oxidation sites excluding steroid dienone is 7. The minimum atomic E-state index is -0.998. The minimum Gasteiger partial charge on any atom is -0.463 e. The molecule has 0 amide bonds. The number of esters is 2. The van der Waals surface area contributed by atoms with Crippen LogP contribution in [0.25, 0.3) is 0 Å². The Kier molecular flexibility index (Phi) is 35.4. The van der Waals surface area contributed by atoms with Crippen molar-refractivity contribution < 1.29 is 29.3 Å². The maximum Gasteiger partial charge on any atom is 0.305 e. The molecule has 0 aromatic carbocycles. The monoisotopic (exact) mass is 689 g/mol. The lowest BCUT2D eigenvalue weighted by Crippen LogP contribution is -2.25. The summed E-state index contributed by atoms with van der Waals surface area (Å²) in [7, 11) is 0. The molecule has 0 aliphatic carbocycles. The molecule has 49 heavy (non-hydrogen) atoms. The van der Waals surface area contributed by atoms with Gasteiger partial charge in [0.25, 0.3) is 0 Å². The van der Waals surface area contributed by atoms with Crippen LogP contribution in [-0.4, -0.2) is 47.6 Å². The Balaban J connectivity index is 3.56. The predicted molar refractivity (Wildman–Crippen MR) is 206 cm³/mol. The lowest BCUT2D eigenvalue weighted by Gasteiger charge is -2.12. The Hall–Kier alpha value is -2.18. The van der Waals surface area contributed by atoms with E-state index in [-0.39, 0.29) is 37.7 Å². The van der Waals surface area contributed by atoms with Crippen LogP contribution in [-0.2, 0) is 19.1 Å². The van der Waals surface area contributed by atoms with E-state index in [1.165, 1.54) is 83.5 Å². The van der Waals surface area contributed by atoms with Gasteiger partial charge in [0.15, 0.2) is 0 Å². The van der Waals surface area contributed by atoms with Crippen molar-refractivity contribution in [3.63, 3.8) is 0 Å². The van der Waals surface area contributed by atoms with E-state index in [0.29, 0.717) is 12.8 Å². The summed E-state index contributed by atoms with van der Waals surface area (Å²) in [6.07, 6.45) is 42.1. The van der Waals surface area contributed by atoms with E-state index >= 15 is 0 Å². The van der Waals surface area contributed by atoms with Gasteiger partial charge in [-0.2, -0.15) is 0 Å². The fourth-order valence-corrected chi connectivity index (χ4v) is 5.49. The summed E-state index contributed by atoms with van der Waals surface area (Å²) >= 11 is 0. The van der Waals surface area contributed by atoms with Crippen LogP contribution in [0.5, 0.6) is 0 Å². The summed E-state index contributed by atoms with van der Waals surface area (Å²) in [5.74, 6) is 0.193. The number of aliphatic hydroxyl groups excluding tert-OH is 2. The number of carbonyl (C=O) groups is 2. The number of aliphatic hydroxyl groups is 2. The van der Waals surface area contributed by atoms with Gasteiger partial charge < -0.3 is 19.7 Å². The first-order valence-electron chi connectivity index (χ1n) is 20.2. The molecule has 0 aromatic heterocycles. The first kappa shape index (κ1) is 46.8. The molecule has 0 unspecified atom stereocenters. The first-order valence-corrected chi connectivity index (χ1v) is 20.2. The van der Waals surface area contributed by atoms with Crippen LogP contribution in [0.15, 0.2) is 48.6 Å². The molecule has 0 saturated carbocycles. The first-order chi connectivity index (χ1) is 23.8. The van der Waals surface area contributed by atoms with Gasteiger partial charge >= 0.3 is 11.9 Å². The van der Waals surface area contributed by atoms with Gasteiger partial charge in [0.05, 0.1) is 6.10 Å². The molecule has 0 radical (unpaired) electrons. The minimum absolute atomic E-state index is 0.144. The van der Waals surface area contributed by atoms with Crippen LogP contribution in [0, 0.1) is 5.92 Å². The third kappa shape index (κ3) is 38.5. The third-order valence-corrected chi connectivity index (χ3v) is 8.60. The van der Waals surface area contributed by atoms with Crippen LogP contribution >= 0.6 is 0 Å². The second-order valence-electron chi connectivity index (χ2n) is 14.1. The summed E-state index contributed by atoms with van der Waals surface area (Å²) in [5, 5.41) is 19.9. The fourth-order valence-electron chi connectivity index (χ4n) is 5.49. The van der Waals surface area contributed by atoms with Crippen molar-refractivity contribution in [1.82, 2.24) is 0 Å². The maximum atomic E-state index is 12.0. The van der Waals surface area contributed by atoms with Crippen molar-refractivity contribution in [2.75, 3.05) is 13.2 Å². The number of hydrogen-bond acceptors (Lipinski definition) is 6. The quantitative estimate of drug-likeness (QED) is 0.0298. The van der Waals surface area contributed by atoms with Crippen LogP contribution in [0.1, 0.15) is 181 Å². The van der Waals surface area contributed by atoms with Crippen molar-refractivity contribution in [2.45, 2.75) is 193 Å². The summed E-state index contributed by atoms with van der Waals surface area (Å²) in [4.78, 5) is 23.9. The van der Waals surface area contributed by atoms with E-state index in [2.05, 4.69) is 51.2 Å². The molecule has 0 aliphatic rings. The lowest BCUT2D eigenvalue weighted by atomic mass is 10.0. The van der Waals surface area contributed by atoms with Crippen LogP contribution in [0.4, 0.5) is 0 Å². The molecule has 0 spiro atoms. The van der Waals surface area contributed by atoms with Crippen molar-refractivity contribution in [3.05, 3.63) is 48.6 Å². The smallest absolute Gasteiger partial charge is 0.305 e. The van der Waals surface area contributed by atoms with Gasteiger partial charge in [0.1, 0.15) is 19.3 Å². The van der Waals surface area contributed by atoms with Gasteiger partial charge in [0.2, 0.25) is 0 Å². The van der Waals surface area contributed by atoms with Gasteiger partial charge in [-0.05, 0) is 44.4 Å². The van der Waals surface area contributed by atoms with Gasteiger partial charge in [-0.15, -0.1) is 0 Å². The van der Waals surface area contributed by atoms with E-state index in [1.807, 2.05) is 18.2 Å². The second-order valence-corrected chi connectivity index (χ2v) is 14.1. The Morgan fingerprint density at radius 3 is 1.57 bits per heavy atom. The Morgan fingerprint density at radius 1 is 0.551 bits per heavy atom. The predicted octanol–water partition coefficient (Wildman–Crippen LogP) is 11.4. The average molecular weight is 689 g/mol. The van der Waals surface area contributed by atoms with E-state index in [4.69, 9.17) is 9.47 Å². The summed E-state index contributed by atoms with van der Waals surface area (Å²) in [5.41, 5.74) is 0. The summed E-state index contributed by atoms with van der Waals surface area (Å²) < 4.78 is 10.3. The Bertz CT molecular complexity index is 858. The second kappa shape index (κ2) is 37.1. The van der Waals surface area contributed by atoms with E-state index in [1.54, 1.807) is 0 Å². The largest absolute Gasteiger partial charge is 0.463 e. The number of rotatable bonds is 35. The maximum absolute atomic E-state index is 12.0. The van der Waals surface area contributed by atoms with Crippen LogP contribution in [0.3, 0.4) is 0 Å². The van der Waals surface area contributed by atoms with Gasteiger partial charge in [0, 0.05) is 12.8 Å². The molecule has 0 rings (SSSR count). The van der Waals surface area contributed by atoms with Gasteiger partial charge in [-0.25, -0.2) is 0 Å². The molecule has 284 valence electrons. The molecule has 0 aromatic rings. The van der Waals surface area contributed by atoms with Crippen molar-refractivity contribution >= 4 is 11.9 Å². The highest BCUT2D eigenvalue weighted by Gasteiger charge is 2.12. The molecule has 6 nitrogen and oxygen atoms in total. The highest BCUT2D eigenvalue weighted by Crippen LogP contribution is 2.15. The molecular formula is C43H76O6. The van der Waals surface area contributed by atoms with Gasteiger partial charge in [-0.3, -0.25) is 9.59 Å². The number of ether oxygens (including phenoxy) is 2. The summed E-state index contributed by atoms with van der Waals surface area (Å²) in [6.45, 7) is 6.48. The molecule has 0 saturated heterocycles. The zero-order chi connectivity index (χ0) is 36.0. The molecule has 0 heterocycles. The fraction of sp³-hybridized carbons (Fsp3) is 0.767. The molecule has 2 N–H and O–H groups in total. The lowest BCUT2D eigenvalue weighted by molar-refractivity contribution is -0.152. The third-order valence-electron chi connectivity index (χ3n) is 8.60. The topological polar surface area (TPSA) is 93.1 Å². The highest BCUT2D eigenvalue weighted by atomic mass is 16.6. The molecular weight excluding hydrogens is 612 g/mol. The summed E-state index contributed by atoms with van der Waals surface area (Å²) in [6, 6.07) is 0. The number of unbranched alkanes of at least 4 members (excludes halogenated alkanes) is 16. The molecule has 6 heteroatoms. The molecule has 0 bridgehead atoms. The average Bonchev–Trinajstić information content (AvgIpc) is 3.08. The zero-order valence-corrected chi connectivity index (χ0v) is 32.0. The number of carbonyl (C=O) groups excluding carboxylic acids is 2. The normalized spacial score (nSPS) is 13.4. The molecule has 0 aliphatic heterocycles. The Labute approximate surface area is 301 Å². The zero-order valence-electron chi connectivity index (χ0n) is 32.0.